The molecule has 6 rings (SSSR count). The average Bonchev–Trinajstić information content (AvgIpc) is 0.833. The van der Waals surface area contributed by atoms with E-state index in [-0.39, 0.29) is 67.9 Å². The minimum Gasteiger partial charge on any atom is -0.507 e. The molecule has 0 saturated heterocycles. The van der Waals surface area contributed by atoms with Gasteiger partial charge in [-0.1, -0.05) is 180 Å². The molecule has 0 bridgehead atoms. The average molecular weight is 1660 g/mol. The van der Waals surface area contributed by atoms with E-state index in [0.29, 0.717) is 104 Å². The summed E-state index contributed by atoms with van der Waals surface area (Å²) in [6.07, 6.45) is 8.33. The standard InChI is InChI=1S/C82H82O25S6/c1-51(31-57-19-7-13-25-63(57)83)75(95)108-37-69(89)102-45-81(46-103-70(90)38-109-76(96)52(2)32-58-20-8-14-26-64(58)84,47-104-71(91)39-110-77(97)53(3)33-59-21-9-15-27-65(59)85)43-101-44-82(48-105-72(92)40-111-78(98)54(4)34-60-22-10-16-28-66(60)86,49-106-73(93)41-112-79(99)55(5)35-61-23-11-17-29-67(61)87)50-107-74(94)42-113-80(100)56(6)36-62-24-12-18-30-68(62)88/h7-36,83-88H,37-50H2,1-6H3/b51-31+,52-32+,53-33+,54-34+,55-35+,56-36+. The highest BCUT2D eigenvalue weighted by Gasteiger charge is 2.42. The van der Waals surface area contributed by atoms with Crippen molar-refractivity contribution in [1.29, 1.82) is 0 Å². The monoisotopic (exact) mass is 1660 g/mol. The number of thioether (sulfide) groups is 6. The lowest BCUT2D eigenvalue weighted by molar-refractivity contribution is -0.172. The first-order valence-electron chi connectivity index (χ1n) is 34.2. The van der Waals surface area contributed by atoms with Gasteiger partial charge in [-0.3, -0.25) is 57.5 Å². The predicted molar refractivity (Wildman–Crippen MR) is 437 cm³/mol. The van der Waals surface area contributed by atoms with Crippen molar-refractivity contribution < 1.29 is 121 Å². The molecule has 6 aromatic carbocycles. The van der Waals surface area contributed by atoms with E-state index in [4.69, 9.17) is 33.2 Å². The van der Waals surface area contributed by atoms with Crippen molar-refractivity contribution in [3.63, 3.8) is 0 Å². The number of phenolic OH excluding ortho intramolecular Hbond substituents is 6. The molecule has 31 heteroatoms. The lowest BCUT2D eigenvalue weighted by Gasteiger charge is -2.35. The molecule has 25 nitrogen and oxygen atoms in total. The van der Waals surface area contributed by atoms with Crippen LogP contribution < -0.4 is 0 Å². The van der Waals surface area contributed by atoms with Crippen molar-refractivity contribution in [1.82, 2.24) is 0 Å². The molecule has 0 heterocycles. The number of aromatic hydroxyl groups is 6. The molecule has 113 heavy (non-hydrogen) atoms. The summed E-state index contributed by atoms with van der Waals surface area (Å²) < 4.78 is 41.3. The molecule has 0 radical (unpaired) electrons. The van der Waals surface area contributed by atoms with E-state index < -0.39 is 165 Å². The minimum absolute atomic E-state index is 0.109. The molecular weight excluding hydrogens is 1580 g/mol. The number of carbonyl (C=O) groups excluding carboxylic acids is 12. The molecular formula is C82H82O25S6. The lowest BCUT2D eigenvalue weighted by atomic mass is 9.90. The van der Waals surface area contributed by atoms with Crippen molar-refractivity contribution in [2.75, 3.05) is 87.4 Å². The molecule has 0 fully saturated rings. The van der Waals surface area contributed by atoms with Gasteiger partial charge in [0.05, 0.1) is 58.6 Å². The number of esters is 6. The molecule has 0 saturated carbocycles. The van der Waals surface area contributed by atoms with Gasteiger partial charge >= 0.3 is 35.8 Å². The number of para-hydroxylation sites is 6. The number of carbonyl (C=O) groups is 12. The van der Waals surface area contributed by atoms with Gasteiger partial charge in [0.1, 0.15) is 74.1 Å². The summed E-state index contributed by atoms with van der Waals surface area (Å²) in [6, 6.07) is 36.9. The summed E-state index contributed by atoms with van der Waals surface area (Å²) in [5, 5.41) is 58.6. The molecule has 0 aliphatic carbocycles. The van der Waals surface area contributed by atoms with Crippen LogP contribution in [0, 0.1) is 10.8 Å². The van der Waals surface area contributed by atoms with Crippen LogP contribution in [0.15, 0.2) is 179 Å². The Labute approximate surface area is 677 Å². The fourth-order valence-electron chi connectivity index (χ4n) is 9.48. The Morgan fingerprint density at radius 1 is 0.248 bits per heavy atom. The van der Waals surface area contributed by atoms with Crippen molar-refractivity contribution in [3.05, 3.63) is 212 Å². The smallest absolute Gasteiger partial charge is 0.316 e. The van der Waals surface area contributed by atoms with Crippen LogP contribution in [-0.4, -0.2) is 185 Å². The fourth-order valence-corrected chi connectivity index (χ4v) is 13.2. The van der Waals surface area contributed by atoms with Crippen LogP contribution in [0.25, 0.3) is 36.5 Å². The van der Waals surface area contributed by atoms with Crippen molar-refractivity contribution >= 4 is 174 Å². The Balaban J connectivity index is 1.39. The van der Waals surface area contributed by atoms with Gasteiger partial charge < -0.3 is 63.8 Å². The molecule has 596 valence electrons. The second kappa shape index (κ2) is 46.5. The molecule has 0 aliphatic heterocycles. The van der Waals surface area contributed by atoms with E-state index in [2.05, 4.69) is 0 Å². The molecule has 0 spiro atoms. The third-order valence-electron chi connectivity index (χ3n) is 15.8. The summed E-state index contributed by atoms with van der Waals surface area (Å²) in [5.74, 6) is -11.3. The van der Waals surface area contributed by atoms with E-state index in [1.807, 2.05) is 0 Å². The first kappa shape index (κ1) is 91.3. The van der Waals surface area contributed by atoms with E-state index in [0.717, 1.165) is 0 Å². The third-order valence-corrected chi connectivity index (χ3v) is 21.5. The number of hydrogen-bond donors (Lipinski definition) is 6. The van der Waals surface area contributed by atoms with Gasteiger partial charge in [0.15, 0.2) is 0 Å². The van der Waals surface area contributed by atoms with Crippen LogP contribution in [0.1, 0.15) is 74.9 Å². The predicted octanol–water partition coefficient (Wildman–Crippen LogP) is 12.6. The maximum absolute atomic E-state index is 14.0. The lowest BCUT2D eigenvalue weighted by Crippen LogP contribution is -2.47. The van der Waals surface area contributed by atoms with Crippen LogP contribution in [0.2, 0.25) is 0 Å². The van der Waals surface area contributed by atoms with Crippen molar-refractivity contribution in [2.24, 2.45) is 10.8 Å². The summed E-state index contributed by atoms with van der Waals surface area (Å²) in [4.78, 5) is 165. The molecule has 0 atom stereocenters. The second-order valence-electron chi connectivity index (χ2n) is 25.2. The highest BCUT2D eigenvalue weighted by atomic mass is 32.2. The Kier molecular flexibility index (Phi) is 37.6. The van der Waals surface area contributed by atoms with Crippen molar-refractivity contribution in [3.8, 4) is 34.5 Å². The first-order chi connectivity index (χ1) is 53.8. The van der Waals surface area contributed by atoms with Gasteiger partial charge in [-0.2, -0.15) is 0 Å². The Hall–Kier alpha value is -10.5. The maximum atomic E-state index is 14.0. The highest BCUT2D eigenvalue weighted by Crippen LogP contribution is 2.32. The maximum Gasteiger partial charge on any atom is 0.316 e. The van der Waals surface area contributed by atoms with Crippen LogP contribution in [0.4, 0.5) is 0 Å². The van der Waals surface area contributed by atoms with Gasteiger partial charge in [-0.25, -0.2) is 0 Å². The van der Waals surface area contributed by atoms with E-state index in [1.54, 1.807) is 109 Å². The molecule has 6 aromatic rings. The van der Waals surface area contributed by atoms with Crippen LogP contribution in [0.5, 0.6) is 34.5 Å². The topological polar surface area (TPSA) is 391 Å². The van der Waals surface area contributed by atoms with Crippen LogP contribution >= 0.6 is 70.6 Å². The van der Waals surface area contributed by atoms with E-state index >= 15 is 0 Å². The Morgan fingerprint density at radius 3 is 0.531 bits per heavy atom. The van der Waals surface area contributed by atoms with Crippen molar-refractivity contribution in [2.45, 2.75) is 41.5 Å². The Morgan fingerprint density at radius 2 is 0.389 bits per heavy atom. The van der Waals surface area contributed by atoms with Gasteiger partial charge in [0, 0.05) is 66.8 Å². The fraction of sp³-hybridized carbons (Fsp3) is 0.268. The molecule has 0 amide bonds. The zero-order valence-corrected chi connectivity index (χ0v) is 67.0. The highest BCUT2D eigenvalue weighted by molar-refractivity contribution is 8.16. The van der Waals surface area contributed by atoms with E-state index in [1.165, 1.54) is 114 Å². The largest absolute Gasteiger partial charge is 0.507 e. The van der Waals surface area contributed by atoms with E-state index in [9.17, 15) is 88.2 Å². The quantitative estimate of drug-likeness (QED) is 0.0118. The van der Waals surface area contributed by atoms with Gasteiger partial charge in [0.25, 0.3) is 0 Å². The van der Waals surface area contributed by atoms with Gasteiger partial charge in [-0.15, -0.1) is 0 Å². The number of ether oxygens (including phenoxy) is 7. The number of rotatable bonds is 40. The zero-order chi connectivity index (χ0) is 82.6. The summed E-state index contributed by atoms with van der Waals surface area (Å²) >= 11 is 3.02. The summed E-state index contributed by atoms with van der Waals surface area (Å²) in [5.41, 5.74) is -1.79. The zero-order valence-electron chi connectivity index (χ0n) is 62.1. The van der Waals surface area contributed by atoms with Gasteiger partial charge in [-0.05, 0) is 114 Å². The Bertz CT molecular complexity index is 3930. The SMILES string of the molecule is C/C(=C\c1ccccc1O)C(=O)SCC(=O)OCC(COCC(COC(=O)CSC(=O)/C(C)=C/c1ccccc1O)(COC(=O)CSC(=O)/C(C)=C/c1ccccc1O)COC(=O)CSC(=O)/C(C)=C/c1ccccc1O)(COC(=O)CSC(=O)/C(C)=C/c1ccccc1O)COC(=O)CSC(=O)/C(C)=C/c1ccccc1O. The normalized spacial score (nSPS) is 12.3. The molecule has 0 aliphatic rings. The number of phenols is 6. The summed E-state index contributed by atoms with van der Waals surface area (Å²) in [6.45, 7) is 1.39. The first-order valence-corrected chi connectivity index (χ1v) is 40.1. The van der Waals surface area contributed by atoms with Crippen LogP contribution in [-0.2, 0) is 90.7 Å². The third kappa shape index (κ3) is 31.9. The van der Waals surface area contributed by atoms with Crippen LogP contribution in [0.3, 0.4) is 0 Å². The minimum atomic E-state index is -2.10. The summed E-state index contributed by atoms with van der Waals surface area (Å²) in [7, 11) is 0. The number of benzene rings is 6. The molecule has 6 N–H and O–H groups in total. The van der Waals surface area contributed by atoms with Gasteiger partial charge in [0.2, 0.25) is 30.7 Å². The molecule has 0 aromatic heterocycles. The second-order valence-corrected chi connectivity index (χ2v) is 30.9. The molecule has 0 unspecified atom stereocenters. The number of hydrogen-bond acceptors (Lipinski definition) is 31.